The van der Waals surface area contributed by atoms with Crippen molar-refractivity contribution in [3.63, 3.8) is 0 Å². The molecule has 3 aromatic rings. The van der Waals surface area contributed by atoms with Gasteiger partial charge in [-0.3, -0.25) is 4.79 Å². The summed E-state index contributed by atoms with van der Waals surface area (Å²) in [6.07, 6.45) is 1.97. The number of esters is 1. The second-order valence-corrected chi connectivity index (χ2v) is 6.04. The van der Waals surface area contributed by atoms with Gasteiger partial charge in [0.2, 0.25) is 5.78 Å². The zero-order chi connectivity index (χ0) is 17.2. The van der Waals surface area contributed by atoms with E-state index in [0.29, 0.717) is 0 Å². The molecule has 0 radical (unpaired) electrons. The molecule has 0 amide bonds. The van der Waals surface area contributed by atoms with Crippen LogP contribution in [0.3, 0.4) is 0 Å². The molecule has 0 saturated heterocycles. The lowest BCUT2D eigenvalue weighted by Gasteiger charge is -2.29. The fourth-order valence-electron chi connectivity index (χ4n) is 3.19. The van der Waals surface area contributed by atoms with E-state index in [1.807, 2.05) is 67.7 Å². The molecule has 0 aliphatic rings. The average molecular weight is 321 g/mol. The number of aromatic amines is 1. The second kappa shape index (κ2) is 6.32. The standard InChI is InChI=1S/C20H19NO3/c1-20(12-18(22)19(23)24-2,14-8-4-3-5-9-14)16-13-21-17-11-7-6-10-15(16)17/h3-11,13,21H,12H2,1-2H3. The summed E-state index contributed by atoms with van der Waals surface area (Å²) >= 11 is 0. The van der Waals surface area contributed by atoms with E-state index >= 15 is 0 Å². The van der Waals surface area contributed by atoms with Gasteiger partial charge in [0.15, 0.2) is 0 Å². The minimum Gasteiger partial charge on any atom is -0.463 e. The van der Waals surface area contributed by atoms with Gasteiger partial charge < -0.3 is 9.72 Å². The van der Waals surface area contributed by atoms with E-state index in [2.05, 4.69) is 9.72 Å². The highest BCUT2D eigenvalue weighted by Gasteiger charge is 2.35. The van der Waals surface area contributed by atoms with E-state index in [0.717, 1.165) is 22.0 Å². The third kappa shape index (κ3) is 2.71. The van der Waals surface area contributed by atoms with Gasteiger partial charge in [-0.15, -0.1) is 0 Å². The Morgan fingerprint density at radius 3 is 2.42 bits per heavy atom. The molecule has 4 nitrogen and oxygen atoms in total. The van der Waals surface area contributed by atoms with Crippen LogP contribution in [-0.4, -0.2) is 23.8 Å². The number of nitrogens with one attached hydrogen (secondary N) is 1. The normalized spacial score (nSPS) is 13.4. The Labute approximate surface area is 140 Å². The van der Waals surface area contributed by atoms with E-state index in [-0.39, 0.29) is 6.42 Å². The van der Waals surface area contributed by atoms with Gasteiger partial charge in [0.25, 0.3) is 0 Å². The second-order valence-electron chi connectivity index (χ2n) is 6.04. The summed E-state index contributed by atoms with van der Waals surface area (Å²) in [4.78, 5) is 27.2. The van der Waals surface area contributed by atoms with Crippen molar-refractivity contribution >= 4 is 22.7 Å². The number of hydrogen-bond donors (Lipinski definition) is 1. The van der Waals surface area contributed by atoms with Crippen LogP contribution in [0, 0.1) is 0 Å². The first-order chi connectivity index (χ1) is 11.6. The number of carbonyl (C=O) groups excluding carboxylic acids is 2. The molecule has 4 heteroatoms. The minimum atomic E-state index is -0.808. The van der Waals surface area contributed by atoms with Gasteiger partial charge in [-0.1, -0.05) is 55.5 Å². The Hall–Kier alpha value is -2.88. The number of H-pyrrole nitrogens is 1. The highest BCUT2D eigenvalue weighted by atomic mass is 16.5. The number of aromatic nitrogens is 1. The molecule has 0 fully saturated rings. The van der Waals surface area contributed by atoms with Crippen molar-refractivity contribution in [3.05, 3.63) is 71.9 Å². The van der Waals surface area contributed by atoms with E-state index in [1.54, 1.807) is 0 Å². The van der Waals surface area contributed by atoms with Gasteiger partial charge >= 0.3 is 5.97 Å². The van der Waals surface area contributed by atoms with Crippen molar-refractivity contribution in [1.82, 2.24) is 4.98 Å². The zero-order valence-electron chi connectivity index (χ0n) is 13.7. The van der Waals surface area contributed by atoms with E-state index in [9.17, 15) is 9.59 Å². The number of rotatable bonds is 5. The molecule has 1 aromatic heterocycles. The lowest BCUT2D eigenvalue weighted by atomic mass is 9.72. The molecule has 24 heavy (non-hydrogen) atoms. The molecular formula is C20H19NO3. The number of methoxy groups -OCH3 is 1. The lowest BCUT2D eigenvalue weighted by Crippen LogP contribution is -2.30. The van der Waals surface area contributed by atoms with Crippen LogP contribution in [0.15, 0.2) is 60.8 Å². The van der Waals surface area contributed by atoms with Crippen LogP contribution in [0.4, 0.5) is 0 Å². The molecule has 1 atom stereocenters. The molecule has 1 unspecified atom stereocenters. The molecule has 3 rings (SSSR count). The lowest BCUT2D eigenvalue weighted by molar-refractivity contribution is -0.152. The number of para-hydroxylation sites is 1. The Bertz CT molecular complexity index is 882. The third-order valence-electron chi connectivity index (χ3n) is 4.52. The summed E-state index contributed by atoms with van der Waals surface area (Å²) in [6, 6.07) is 17.7. The summed E-state index contributed by atoms with van der Waals surface area (Å²) in [5.41, 5.74) is 2.33. The number of benzene rings is 2. The predicted molar refractivity (Wildman–Crippen MR) is 92.8 cm³/mol. The summed E-state index contributed by atoms with van der Waals surface area (Å²) in [5, 5.41) is 1.04. The van der Waals surface area contributed by atoms with Crippen molar-refractivity contribution < 1.29 is 14.3 Å². The Kier molecular flexibility index (Phi) is 4.21. The van der Waals surface area contributed by atoms with E-state index in [1.165, 1.54) is 7.11 Å². The molecule has 0 aliphatic heterocycles. The Morgan fingerprint density at radius 2 is 1.71 bits per heavy atom. The smallest absolute Gasteiger partial charge is 0.374 e. The molecule has 1 heterocycles. The van der Waals surface area contributed by atoms with Crippen LogP contribution >= 0.6 is 0 Å². The summed E-state index contributed by atoms with van der Waals surface area (Å²) in [7, 11) is 1.23. The van der Waals surface area contributed by atoms with Crippen LogP contribution in [0.2, 0.25) is 0 Å². The number of fused-ring (bicyclic) bond motifs is 1. The van der Waals surface area contributed by atoms with Crippen molar-refractivity contribution in [2.75, 3.05) is 7.11 Å². The van der Waals surface area contributed by atoms with Crippen molar-refractivity contribution in [2.24, 2.45) is 0 Å². The highest BCUT2D eigenvalue weighted by Crippen LogP contribution is 2.39. The van der Waals surface area contributed by atoms with Crippen LogP contribution in [0.5, 0.6) is 0 Å². The van der Waals surface area contributed by atoms with Gasteiger partial charge in [0.1, 0.15) is 0 Å². The molecule has 2 aromatic carbocycles. The first-order valence-electron chi connectivity index (χ1n) is 7.79. The molecule has 1 N–H and O–H groups in total. The Balaban J connectivity index is 2.15. The number of carbonyl (C=O) groups is 2. The summed E-state index contributed by atoms with van der Waals surface area (Å²) in [6.45, 7) is 1.98. The monoisotopic (exact) mass is 321 g/mol. The van der Waals surface area contributed by atoms with E-state index < -0.39 is 17.2 Å². The third-order valence-corrected chi connectivity index (χ3v) is 4.52. The fourth-order valence-corrected chi connectivity index (χ4v) is 3.19. The van der Waals surface area contributed by atoms with Gasteiger partial charge in [-0.05, 0) is 17.2 Å². The van der Waals surface area contributed by atoms with Crippen molar-refractivity contribution in [2.45, 2.75) is 18.8 Å². The predicted octanol–water partition coefficient (Wildman–Crippen LogP) is 3.61. The summed E-state index contributed by atoms with van der Waals surface area (Å²) in [5.74, 6) is -1.34. The van der Waals surface area contributed by atoms with Crippen LogP contribution in [0.1, 0.15) is 24.5 Å². The molecule has 0 aliphatic carbocycles. The fraction of sp³-hybridized carbons (Fsp3) is 0.200. The van der Waals surface area contributed by atoms with Gasteiger partial charge in [-0.25, -0.2) is 4.79 Å². The summed E-state index contributed by atoms with van der Waals surface area (Å²) < 4.78 is 4.60. The SMILES string of the molecule is COC(=O)C(=O)CC(C)(c1ccccc1)c1c[nH]c2ccccc12. The molecular weight excluding hydrogens is 302 g/mol. The molecule has 0 bridgehead atoms. The maximum Gasteiger partial charge on any atom is 0.374 e. The first kappa shape index (κ1) is 16.0. The number of ketones is 1. The maximum absolute atomic E-state index is 12.3. The topological polar surface area (TPSA) is 59.2 Å². The van der Waals surface area contributed by atoms with Crippen LogP contribution in [0.25, 0.3) is 10.9 Å². The first-order valence-corrected chi connectivity index (χ1v) is 7.79. The highest BCUT2D eigenvalue weighted by molar-refractivity contribution is 6.33. The van der Waals surface area contributed by atoms with Crippen LogP contribution < -0.4 is 0 Å². The number of ether oxygens (including phenoxy) is 1. The van der Waals surface area contributed by atoms with Gasteiger partial charge in [0.05, 0.1) is 7.11 Å². The van der Waals surface area contributed by atoms with Crippen LogP contribution in [-0.2, 0) is 19.7 Å². The van der Waals surface area contributed by atoms with Crippen molar-refractivity contribution in [3.8, 4) is 0 Å². The van der Waals surface area contributed by atoms with Crippen molar-refractivity contribution in [1.29, 1.82) is 0 Å². The Morgan fingerprint density at radius 1 is 1.04 bits per heavy atom. The van der Waals surface area contributed by atoms with E-state index in [4.69, 9.17) is 0 Å². The van der Waals surface area contributed by atoms with Gasteiger partial charge in [0, 0.05) is 28.9 Å². The quantitative estimate of drug-likeness (QED) is 0.577. The van der Waals surface area contributed by atoms with Gasteiger partial charge in [-0.2, -0.15) is 0 Å². The maximum atomic E-state index is 12.3. The molecule has 0 saturated carbocycles. The largest absolute Gasteiger partial charge is 0.463 e. The minimum absolute atomic E-state index is 0.0472. The molecule has 122 valence electrons. The average Bonchev–Trinajstić information content (AvgIpc) is 3.06. The number of Topliss-reactive ketones (excluding diaryl/α,β-unsaturated/α-hetero) is 1. The number of hydrogen-bond acceptors (Lipinski definition) is 3. The molecule has 0 spiro atoms. The zero-order valence-corrected chi connectivity index (χ0v) is 13.7.